The van der Waals surface area contributed by atoms with Crippen LogP contribution in [0.3, 0.4) is 0 Å². The number of carboxylic acid groups (broad SMARTS) is 1. The Morgan fingerprint density at radius 1 is 1.32 bits per heavy atom. The smallest absolute Gasteiger partial charge is 0.405 e. The number of nitrogen functional groups attached to an aromatic ring is 1. The molecule has 0 unspecified atom stereocenters. The van der Waals surface area contributed by atoms with Crippen molar-refractivity contribution >= 4 is 56.7 Å². The Kier molecular flexibility index (Phi) is 7.29. The second kappa shape index (κ2) is 10.6. The number of nitrogens with zero attached hydrogens (tertiary/aromatic N) is 5. The minimum absolute atomic E-state index is 0.187. The molecule has 2 amide bonds. The summed E-state index contributed by atoms with van der Waals surface area (Å²) in [4.78, 5) is 39.6. The normalized spacial score (nSPS) is 17.7. The van der Waals surface area contributed by atoms with E-state index in [9.17, 15) is 9.59 Å². The van der Waals surface area contributed by atoms with E-state index in [2.05, 4.69) is 31.2 Å². The summed E-state index contributed by atoms with van der Waals surface area (Å²) in [6, 6.07) is 3.00. The number of hydrogen-bond acceptors (Lipinski definition) is 9. The second-order valence-corrected chi connectivity index (χ2v) is 10.8. The fraction of sp³-hybridized carbons (Fsp3) is 0.435. The summed E-state index contributed by atoms with van der Waals surface area (Å²) < 4.78 is 13.9. The molecule has 0 spiro atoms. The van der Waals surface area contributed by atoms with E-state index >= 15 is 0 Å². The van der Waals surface area contributed by atoms with Crippen LogP contribution in [0.1, 0.15) is 26.2 Å². The van der Waals surface area contributed by atoms with E-state index in [0.717, 1.165) is 28.6 Å². The van der Waals surface area contributed by atoms with Gasteiger partial charge in [0.25, 0.3) is 0 Å². The number of aromatic nitrogens is 4. The van der Waals surface area contributed by atoms with Crippen LogP contribution in [0, 0.1) is 5.92 Å². The number of carbonyl (C=O) groups is 2. The van der Waals surface area contributed by atoms with Crippen molar-refractivity contribution in [2.24, 2.45) is 5.92 Å². The number of aryl methyl sites for hydroxylation is 1. The standard InChI is InChI=1S/C23H26BrN7O5S/c1-12(28-23(33)34)21(32)30-5-2-3-13(9-30)4-6-31-20-18(19(25)26-10-27-20)29-22(31)37-17-8-16-15(7-14(17)24)35-11-36-16/h7-8,10,12-13,28H,2-6,9,11H2,1H3,(H,33,34)(H2,25,26,27)/t12-,13-/m1/s1. The van der Waals surface area contributed by atoms with Crippen LogP contribution >= 0.6 is 27.7 Å². The van der Waals surface area contributed by atoms with Crippen molar-refractivity contribution in [3.8, 4) is 11.5 Å². The first-order valence-corrected chi connectivity index (χ1v) is 13.4. The van der Waals surface area contributed by atoms with Crippen molar-refractivity contribution in [2.45, 2.75) is 48.8 Å². The topological polar surface area (TPSA) is 158 Å². The highest BCUT2D eigenvalue weighted by molar-refractivity contribution is 9.10. The third-order valence-electron chi connectivity index (χ3n) is 6.46. The van der Waals surface area contributed by atoms with E-state index < -0.39 is 12.1 Å². The van der Waals surface area contributed by atoms with Gasteiger partial charge in [-0.2, -0.15) is 0 Å². The zero-order valence-corrected chi connectivity index (χ0v) is 22.4. The van der Waals surface area contributed by atoms with Gasteiger partial charge in [0.2, 0.25) is 12.7 Å². The summed E-state index contributed by atoms with van der Waals surface area (Å²) in [5.41, 5.74) is 7.30. The van der Waals surface area contributed by atoms with Crippen LogP contribution < -0.4 is 20.5 Å². The van der Waals surface area contributed by atoms with Crippen molar-refractivity contribution < 1.29 is 24.2 Å². The van der Waals surface area contributed by atoms with Gasteiger partial charge >= 0.3 is 6.09 Å². The van der Waals surface area contributed by atoms with Crippen LogP contribution in [-0.4, -0.2) is 67.5 Å². The minimum Gasteiger partial charge on any atom is -0.465 e. The molecule has 2 atom stereocenters. The van der Waals surface area contributed by atoms with Gasteiger partial charge in [-0.15, -0.1) is 0 Å². The quantitative estimate of drug-likeness (QED) is 0.372. The molecule has 1 fully saturated rings. The lowest BCUT2D eigenvalue weighted by Gasteiger charge is -2.34. The first-order valence-electron chi connectivity index (χ1n) is 11.8. The largest absolute Gasteiger partial charge is 0.465 e. The molecule has 14 heteroatoms. The molecule has 5 rings (SSSR count). The Bertz CT molecular complexity index is 1350. The number of benzene rings is 1. The van der Waals surface area contributed by atoms with Gasteiger partial charge in [0, 0.05) is 29.0 Å². The molecule has 1 aromatic carbocycles. The Balaban J connectivity index is 1.35. The van der Waals surface area contributed by atoms with Gasteiger partial charge in [0.15, 0.2) is 33.6 Å². The first-order chi connectivity index (χ1) is 17.8. The van der Waals surface area contributed by atoms with E-state index in [1.165, 1.54) is 18.1 Å². The number of piperidine rings is 1. The molecule has 1 saturated heterocycles. The predicted octanol–water partition coefficient (Wildman–Crippen LogP) is 3.34. The Morgan fingerprint density at radius 2 is 2.11 bits per heavy atom. The monoisotopic (exact) mass is 591 g/mol. The van der Waals surface area contributed by atoms with Crippen molar-refractivity contribution in [2.75, 3.05) is 25.6 Å². The predicted molar refractivity (Wildman–Crippen MR) is 139 cm³/mol. The molecule has 3 aromatic rings. The van der Waals surface area contributed by atoms with Crippen molar-refractivity contribution in [3.63, 3.8) is 0 Å². The molecule has 0 saturated carbocycles. The van der Waals surface area contributed by atoms with Crippen LogP contribution in [0.25, 0.3) is 11.2 Å². The average molecular weight is 592 g/mol. The van der Waals surface area contributed by atoms with Gasteiger partial charge in [-0.05, 0) is 60.2 Å². The molecule has 4 N–H and O–H groups in total. The van der Waals surface area contributed by atoms with E-state index in [4.69, 9.17) is 25.3 Å². The van der Waals surface area contributed by atoms with E-state index in [1.54, 1.807) is 11.8 Å². The van der Waals surface area contributed by atoms with Gasteiger partial charge in [-0.3, -0.25) is 4.79 Å². The number of anilines is 1. The number of amides is 2. The molecular weight excluding hydrogens is 566 g/mol. The second-order valence-electron chi connectivity index (χ2n) is 8.97. The van der Waals surface area contributed by atoms with Crippen molar-refractivity contribution in [1.82, 2.24) is 29.7 Å². The van der Waals surface area contributed by atoms with E-state index in [1.807, 2.05) is 16.7 Å². The number of rotatable bonds is 7. The fourth-order valence-corrected chi connectivity index (χ4v) is 6.13. The van der Waals surface area contributed by atoms with E-state index in [0.29, 0.717) is 53.3 Å². The molecule has 37 heavy (non-hydrogen) atoms. The number of ether oxygens (including phenoxy) is 2. The van der Waals surface area contributed by atoms with Gasteiger partial charge in [0.1, 0.15) is 12.4 Å². The summed E-state index contributed by atoms with van der Waals surface area (Å²) >= 11 is 5.07. The van der Waals surface area contributed by atoms with Gasteiger partial charge in [0.05, 0.1) is 0 Å². The first kappa shape index (κ1) is 25.4. The SMILES string of the molecule is C[C@@H](NC(=O)O)C(=O)N1CCC[C@H](CCn2c(Sc3cc4c(cc3Br)OCO4)nc3c(N)ncnc32)C1. The van der Waals surface area contributed by atoms with Gasteiger partial charge in [-0.1, -0.05) is 11.8 Å². The summed E-state index contributed by atoms with van der Waals surface area (Å²) in [6.07, 6.45) is 2.85. The Hall–Kier alpha value is -3.26. The zero-order chi connectivity index (χ0) is 26.1. The number of hydrogen-bond donors (Lipinski definition) is 3. The lowest BCUT2D eigenvalue weighted by molar-refractivity contribution is -0.134. The lowest BCUT2D eigenvalue weighted by Crippen LogP contribution is -2.49. The Labute approximate surface area is 225 Å². The number of nitrogens with two attached hydrogens (primary N) is 1. The maximum Gasteiger partial charge on any atom is 0.405 e. The molecule has 0 radical (unpaired) electrons. The third-order valence-corrected chi connectivity index (χ3v) is 8.43. The molecule has 2 aromatic heterocycles. The molecule has 2 aliphatic heterocycles. The van der Waals surface area contributed by atoms with Gasteiger partial charge < -0.3 is 35.1 Å². The van der Waals surface area contributed by atoms with Crippen LogP contribution in [0.4, 0.5) is 10.6 Å². The molecule has 12 nitrogen and oxygen atoms in total. The number of imidazole rings is 1. The highest BCUT2D eigenvalue weighted by Gasteiger charge is 2.28. The third kappa shape index (κ3) is 5.39. The summed E-state index contributed by atoms with van der Waals surface area (Å²) in [5, 5.41) is 11.9. The highest BCUT2D eigenvalue weighted by Crippen LogP contribution is 2.43. The van der Waals surface area contributed by atoms with Crippen LogP contribution in [-0.2, 0) is 11.3 Å². The molecule has 0 aliphatic carbocycles. The zero-order valence-electron chi connectivity index (χ0n) is 20.0. The minimum atomic E-state index is -1.21. The molecule has 196 valence electrons. The maximum absolute atomic E-state index is 12.7. The molecule has 2 aliphatic rings. The summed E-state index contributed by atoms with van der Waals surface area (Å²) in [7, 11) is 0. The molecule has 4 heterocycles. The van der Waals surface area contributed by atoms with Gasteiger partial charge in [-0.25, -0.2) is 19.7 Å². The molecule has 0 bridgehead atoms. The molecular formula is C23H26BrN7O5S. The number of carbonyl (C=O) groups excluding carboxylic acids is 1. The van der Waals surface area contributed by atoms with Crippen molar-refractivity contribution in [3.05, 3.63) is 22.9 Å². The number of fused-ring (bicyclic) bond motifs is 2. The van der Waals surface area contributed by atoms with Crippen LogP contribution in [0.15, 0.2) is 33.0 Å². The number of halogens is 1. The Morgan fingerprint density at radius 3 is 2.89 bits per heavy atom. The highest BCUT2D eigenvalue weighted by atomic mass is 79.9. The number of nitrogens with one attached hydrogen (secondary N) is 1. The summed E-state index contributed by atoms with van der Waals surface area (Å²) in [5.74, 6) is 1.71. The maximum atomic E-state index is 12.7. The average Bonchev–Trinajstić information content (AvgIpc) is 3.46. The van der Waals surface area contributed by atoms with Crippen molar-refractivity contribution in [1.29, 1.82) is 0 Å². The van der Waals surface area contributed by atoms with Crippen LogP contribution in [0.2, 0.25) is 0 Å². The van der Waals surface area contributed by atoms with Crippen LogP contribution in [0.5, 0.6) is 11.5 Å². The summed E-state index contributed by atoms with van der Waals surface area (Å²) in [6.45, 7) is 3.57. The lowest BCUT2D eigenvalue weighted by atomic mass is 9.94. The number of likely N-dealkylation sites (tertiary alicyclic amines) is 1. The fourth-order valence-electron chi connectivity index (χ4n) is 4.62. The van der Waals surface area contributed by atoms with E-state index in [-0.39, 0.29) is 18.6 Å².